The highest BCUT2D eigenvalue weighted by Crippen LogP contribution is 2.27. The Morgan fingerprint density at radius 1 is 0.925 bits per heavy atom. The lowest BCUT2D eigenvalue weighted by atomic mass is 10.1. The van der Waals surface area contributed by atoms with Gasteiger partial charge in [0.25, 0.3) is 10.0 Å². The van der Waals surface area contributed by atoms with E-state index in [1.54, 1.807) is 60.7 Å². The smallest absolute Gasteiger partial charge is 0.264 e. The highest BCUT2D eigenvalue weighted by atomic mass is 35.5. The van der Waals surface area contributed by atoms with Gasteiger partial charge in [-0.25, -0.2) is 8.42 Å². The van der Waals surface area contributed by atoms with Crippen molar-refractivity contribution < 1.29 is 18.0 Å². The molecule has 0 aliphatic heterocycles. The van der Waals surface area contributed by atoms with Crippen LogP contribution in [0.1, 0.15) is 44.2 Å². The maximum Gasteiger partial charge on any atom is 0.264 e. The summed E-state index contributed by atoms with van der Waals surface area (Å²) in [5.41, 5.74) is 1.95. The number of anilines is 1. The molecule has 1 atom stereocenters. The Morgan fingerprint density at radius 3 is 2.20 bits per heavy atom. The first kappa shape index (κ1) is 31.5. The van der Waals surface area contributed by atoms with E-state index in [1.807, 2.05) is 20.8 Å². The predicted octanol–water partition coefficient (Wildman–Crippen LogP) is 6.22. The van der Waals surface area contributed by atoms with Crippen molar-refractivity contribution >= 4 is 50.7 Å². The van der Waals surface area contributed by atoms with Gasteiger partial charge in [-0.15, -0.1) is 0 Å². The summed E-state index contributed by atoms with van der Waals surface area (Å²) in [5.74, 6) is -0.819. The topological polar surface area (TPSA) is 86.8 Å². The molecule has 0 unspecified atom stereocenters. The van der Waals surface area contributed by atoms with Crippen molar-refractivity contribution in [2.75, 3.05) is 17.4 Å². The summed E-state index contributed by atoms with van der Waals surface area (Å²) in [6, 6.07) is 19.1. The lowest BCUT2D eigenvalue weighted by Crippen LogP contribution is -2.52. The summed E-state index contributed by atoms with van der Waals surface area (Å²) in [5, 5.41) is 3.60. The van der Waals surface area contributed by atoms with E-state index in [4.69, 9.17) is 23.2 Å². The summed E-state index contributed by atoms with van der Waals surface area (Å²) in [4.78, 5) is 28.8. The number of halogens is 2. The molecule has 0 heterocycles. The van der Waals surface area contributed by atoms with Gasteiger partial charge in [-0.05, 0) is 61.7 Å². The van der Waals surface area contributed by atoms with Gasteiger partial charge in [0.1, 0.15) is 12.6 Å². The second kappa shape index (κ2) is 14.5. The zero-order valence-corrected chi connectivity index (χ0v) is 25.3. The van der Waals surface area contributed by atoms with E-state index >= 15 is 0 Å². The first-order valence-electron chi connectivity index (χ1n) is 13.2. The van der Waals surface area contributed by atoms with E-state index in [0.29, 0.717) is 34.3 Å². The van der Waals surface area contributed by atoms with E-state index in [9.17, 15) is 18.0 Å². The molecular formula is C30H35Cl2N3O4S. The molecular weight excluding hydrogens is 569 g/mol. The normalized spacial score (nSPS) is 12.0. The third-order valence-corrected chi connectivity index (χ3v) is 9.01. The number of carbonyl (C=O) groups excluding carboxylic acids is 2. The van der Waals surface area contributed by atoms with Crippen LogP contribution in [0.4, 0.5) is 5.69 Å². The summed E-state index contributed by atoms with van der Waals surface area (Å²) < 4.78 is 28.7. The van der Waals surface area contributed by atoms with Gasteiger partial charge in [0.2, 0.25) is 11.8 Å². The van der Waals surface area contributed by atoms with E-state index in [0.717, 1.165) is 22.7 Å². The van der Waals surface area contributed by atoms with Gasteiger partial charge in [0, 0.05) is 13.1 Å². The predicted molar refractivity (Wildman–Crippen MR) is 161 cm³/mol. The molecule has 0 aliphatic carbocycles. The van der Waals surface area contributed by atoms with Crippen molar-refractivity contribution in [2.45, 2.75) is 57.5 Å². The number of aryl methyl sites for hydroxylation is 1. The van der Waals surface area contributed by atoms with Crippen LogP contribution in [0, 0.1) is 6.92 Å². The van der Waals surface area contributed by atoms with Gasteiger partial charge in [0.05, 0.1) is 20.6 Å². The number of nitrogens with one attached hydrogen (secondary N) is 1. The van der Waals surface area contributed by atoms with Crippen LogP contribution in [-0.2, 0) is 26.2 Å². The van der Waals surface area contributed by atoms with Crippen LogP contribution in [0.15, 0.2) is 77.7 Å². The highest BCUT2D eigenvalue weighted by molar-refractivity contribution is 7.92. The second-order valence-electron chi connectivity index (χ2n) is 9.50. The summed E-state index contributed by atoms with van der Waals surface area (Å²) >= 11 is 12.3. The first-order chi connectivity index (χ1) is 19.1. The number of benzene rings is 3. The molecule has 3 rings (SSSR count). The van der Waals surface area contributed by atoms with Crippen molar-refractivity contribution in [3.05, 3.63) is 94.0 Å². The minimum Gasteiger partial charge on any atom is -0.354 e. The quantitative estimate of drug-likeness (QED) is 0.235. The lowest BCUT2D eigenvalue weighted by Gasteiger charge is -2.33. The lowest BCUT2D eigenvalue weighted by molar-refractivity contribution is -0.140. The van der Waals surface area contributed by atoms with E-state index in [2.05, 4.69) is 5.32 Å². The summed E-state index contributed by atoms with van der Waals surface area (Å²) in [6.45, 7) is 5.77. The molecule has 0 bridgehead atoms. The minimum absolute atomic E-state index is 0.0442. The fourth-order valence-electron chi connectivity index (χ4n) is 4.22. The average Bonchev–Trinajstić information content (AvgIpc) is 2.94. The fraction of sp³-hybridized carbons (Fsp3) is 0.333. The van der Waals surface area contributed by atoms with Crippen LogP contribution in [0.2, 0.25) is 10.0 Å². The largest absolute Gasteiger partial charge is 0.354 e. The van der Waals surface area contributed by atoms with Crippen molar-refractivity contribution in [1.29, 1.82) is 0 Å². The molecule has 1 N–H and O–H groups in total. The third-order valence-electron chi connectivity index (χ3n) is 6.48. The molecule has 3 aromatic rings. The van der Waals surface area contributed by atoms with Crippen molar-refractivity contribution in [3.63, 3.8) is 0 Å². The van der Waals surface area contributed by atoms with Crippen LogP contribution < -0.4 is 9.62 Å². The Morgan fingerprint density at radius 2 is 1.60 bits per heavy atom. The Labute approximate surface area is 247 Å². The molecule has 0 spiro atoms. The Bertz CT molecular complexity index is 1400. The fourth-order valence-corrected chi connectivity index (χ4v) is 5.98. The van der Waals surface area contributed by atoms with E-state index in [1.165, 1.54) is 17.0 Å². The molecule has 7 nitrogen and oxygen atoms in total. The van der Waals surface area contributed by atoms with Crippen LogP contribution in [0.5, 0.6) is 0 Å². The number of amides is 2. The van der Waals surface area contributed by atoms with E-state index in [-0.39, 0.29) is 17.3 Å². The highest BCUT2D eigenvalue weighted by Gasteiger charge is 2.33. The van der Waals surface area contributed by atoms with Gasteiger partial charge in [-0.3, -0.25) is 13.9 Å². The number of nitrogens with zero attached hydrogens (tertiary/aromatic N) is 2. The summed E-state index contributed by atoms with van der Waals surface area (Å²) in [7, 11) is -4.10. The molecule has 2 amide bonds. The maximum atomic E-state index is 14.0. The molecule has 0 saturated heterocycles. The second-order valence-corrected chi connectivity index (χ2v) is 12.2. The van der Waals surface area contributed by atoms with Crippen LogP contribution in [-0.4, -0.2) is 44.3 Å². The van der Waals surface area contributed by atoms with Crippen molar-refractivity contribution in [1.82, 2.24) is 10.2 Å². The number of sulfonamides is 1. The van der Waals surface area contributed by atoms with Crippen LogP contribution in [0.3, 0.4) is 0 Å². The monoisotopic (exact) mass is 603 g/mol. The number of hydrogen-bond acceptors (Lipinski definition) is 4. The Hall–Kier alpha value is -3.07. The zero-order valence-electron chi connectivity index (χ0n) is 22.9. The van der Waals surface area contributed by atoms with Gasteiger partial charge in [0.15, 0.2) is 0 Å². The third kappa shape index (κ3) is 7.99. The molecule has 0 saturated carbocycles. The van der Waals surface area contributed by atoms with Crippen molar-refractivity contribution in [2.24, 2.45) is 0 Å². The molecule has 0 radical (unpaired) electrons. The van der Waals surface area contributed by atoms with Gasteiger partial charge in [-0.1, -0.05) is 85.4 Å². The minimum atomic E-state index is -4.10. The Balaban J connectivity index is 2.03. The molecule has 0 aliphatic rings. The van der Waals surface area contributed by atoms with E-state index < -0.39 is 28.5 Å². The number of unbranched alkanes of at least 4 members (excludes halogenated alkanes) is 1. The summed E-state index contributed by atoms with van der Waals surface area (Å²) in [6.07, 6.45) is 2.05. The molecule has 40 heavy (non-hydrogen) atoms. The molecule has 10 heteroatoms. The van der Waals surface area contributed by atoms with Crippen LogP contribution in [0.25, 0.3) is 0 Å². The maximum absolute atomic E-state index is 14.0. The van der Waals surface area contributed by atoms with Crippen LogP contribution >= 0.6 is 23.2 Å². The number of rotatable bonds is 13. The van der Waals surface area contributed by atoms with Gasteiger partial charge >= 0.3 is 0 Å². The van der Waals surface area contributed by atoms with Gasteiger partial charge in [-0.2, -0.15) is 0 Å². The molecule has 3 aromatic carbocycles. The molecule has 0 aromatic heterocycles. The molecule has 0 fully saturated rings. The van der Waals surface area contributed by atoms with Crippen molar-refractivity contribution in [3.8, 4) is 0 Å². The number of hydrogen-bond donors (Lipinski definition) is 1. The number of carbonyl (C=O) groups is 2. The Kier molecular flexibility index (Phi) is 11.4. The SMILES string of the molecule is CCCCNC(=O)[C@@H](CC)N(Cc1ccc(Cl)c(Cl)c1)C(=O)CN(c1ccc(C)cc1)S(=O)(=O)c1ccccc1. The standard InChI is InChI=1S/C30H35Cl2N3O4S/c1-4-6-18-33-30(37)28(5-2)34(20-23-14-17-26(31)27(32)19-23)29(36)21-35(24-15-12-22(3)13-16-24)40(38,39)25-10-8-7-9-11-25/h7-17,19,28H,4-6,18,20-21H2,1-3H3,(H,33,37)/t28-/m1/s1. The first-order valence-corrected chi connectivity index (χ1v) is 15.4. The average molecular weight is 605 g/mol. The molecule has 214 valence electrons. The zero-order chi connectivity index (χ0) is 29.3. The van der Waals surface area contributed by atoms with Gasteiger partial charge < -0.3 is 10.2 Å².